The van der Waals surface area contributed by atoms with E-state index >= 15 is 0 Å². The van der Waals surface area contributed by atoms with E-state index in [9.17, 15) is 4.79 Å². The molecule has 5 rings (SSSR count). The van der Waals surface area contributed by atoms with Crippen LogP contribution < -0.4 is 10.2 Å². The maximum atomic E-state index is 12.0. The van der Waals surface area contributed by atoms with Gasteiger partial charge in [-0.15, -0.1) is 0 Å². The summed E-state index contributed by atoms with van der Waals surface area (Å²) in [6.45, 7) is 2.43. The van der Waals surface area contributed by atoms with E-state index in [-0.39, 0.29) is 5.92 Å². The van der Waals surface area contributed by atoms with E-state index in [0.29, 0.717) is 25.3 Å². The summed E-state index contributed by atoms with van der Waals surface area (Å²) >= 11 is 0. The molecule has 3 N–H and O–H groups in total. The van der Waals surface area contributed by atoms with Crippen molar-refractivity contribution in [3.05, 3.63) is 83.6 Å². The van der Waals surface area contributed by atoms with Gasteiger partial charge >= 0.3 is 0 Å². The van der Waals surface area contributed by atoms with Crippen molar-refractivity contribution in [1.29, 1.82) is 0 Å². The number of carbonyl (C=O) groups is 1. The van der Waals surface area contributed by atoms with Crippen molar-refractivity contribution in [3.8, 4) is 5.75 Å². The summed E-state index contributed by atoms with van der Waals surface area (Å²) in [5.41, 5.74) is 5.34. The molecule has 162 valence electrons. The van der Waals surface area contributed by atoms with E-state index in [2.05, 4.69) is 32.3 Å². The summed E-state index contributed by atoms with van der Waals surface area (Å²) in [5, 5.41) is 17.0. The van der Waals surface area contributed by atoms with Crippen LogP contribution in [-0.4, -0.2) is 31.3 Å². The molecule has 1 amide bonds. The average molecular weight is 429 g/mol. The standard InChI is InChI=1S/C24H23N5O3/c1-15-10-17(19-4-2-3-5-21(19)27-15)13-32-18-8-6-16(7-9-18)11-24(23-25-14-26-28-23)12-20(24)22(30)29-31/h2-10,14,20,31H,11-13H2,1H3,(H,29,30)(H,25,26,28). The first-order valence-electron chi connectivity index (χ1n) is 10.5. The normalized spacial score (nSPS) is 19.6. The molecule has 0 bridgehead atoms. The summed E-state index contributed by atoms with van der Waals surface area (Å²) in [6.07, 6.45) is 2.64. The van der Waals surface area contributed by atoms with Gasteiger partial charge in [0.05, 0.1) is 11.4 Å². The van der Waals surface area contributed by atoms with Gasteiger partial charge in [0.1, 0.15) is 24.5 Å². The smallest absolute Gasteiger partial charge is 0.247 e. The molecular weight excluding hydrogens is 406 g/mol. The molecule has 0 radical (unpaired) electrons. The Morgan fingerprint density at radius 1 is 1.25 bits per heavy atom. The van der Waals surface area contributed by atoms with Crippen LogP contribution in [0.3, 0.4) is 0 Å². The second kappa shape index (κ2) is 8.05. The molecule has 2 atom stereocenters. The number of aromatic nitrogens is 4. The lowest BCUT2D eigenvalue weighted by Gasteiger charge is -2.15. The predicted octanol–water partition coefficient (Wildman–Crippen LogP) is 3.25. The fourth-order valence-corrected chi connectivity index (χ4v) is 4.46. The molecule has 1 aliphatic rings. The van der Waals surface area contributed by atoms with Crippen LogP contribution in [0.4, 0.5) is 0 Å². The number of nitrogens with one attached hydrogen (secondary N) is 2. The second-order valence-corrected chi connectivity index (χ2v) is 8.27. The Balaban J connectivity index is 1.30. The maximum Gasteiger partial charge on any atom is 0.247 e. The molecule has 2 unspecified atom stereocenters. The van der Waals surface area contributed by atoms with E-state index in [1.54, 1.807) is 5.48 Å². The van der Waals surface area contributed by atoms with E-state index in [1.807, 2.05) is 49.4 Å². The minimum absolute atomic E-state index is 0.348. The van der Waals surface area contributed by atoms with Gasteiger partial charge in [-0.3, -0.25) is 20.1 Å². The fourth-order valence-electron chi connectivity index (χ4n) is 4.46. The number of aryl methyl sites for hydroxylation is 1. The number of nitrogens with zero attached hydrogens (tertiary/aromatic N) is 3. The number of benzene rings is 2. The number of ether oxygens (including phenoxy) is 1. The molecule has 2 aromatic carbocycles. The van der Waals surface area contributed by atoms with Crippen molar-refractivity contribution in [3.63, 3.8) is 0 Å². The van der Waals surface area contributed by atoms with Gasteiger partial charge in [0.25, 0.3) is 0 Å². The molecule has 1 fully saturated rings. The number of hydrogen-bond donors (Lipinski definition) is 3. The Morgan fingerprint density at radius 3 is 2.81 bits per heavy atom. The lowest BCUT2D eigenvalue weighted by Crippen LogP contribution is -2.27. The van der Waals surface area contributed by atoms with Gasteiger partial charge in [-0.25, -0.2) is 10.5 Å². The van der Waals surface area contributed by atoms with Crippen LogP contribution >= 0.6 is 0 Å². The van der Waals surface area contributed by atoms with Gasteiger partial charge in [0, 0.05) is 22.1 Å². The third-order valence-electron chi connectivity index (χ3n) is 6.16. The Hall–Kier alpha value is -3.78. The summed E-state index contributed by atoms with van der Waals surface area (Å²) in [6, 6.07) is 18.0. The van der Waals surface area contributed by atoms with Crippen molar-refractivity contribution < 1.29 is 14.7 Å². The number of carbonyl (C=O) groups excluding carboxylic acids is 1. The average Bonchev–Trinajstić information content (AvgIpc) is 3.26. The highest BCUT2D eigenvalue weighted by Gasteiger charge is 2.61. The predicted molar refractivity (Wildman–Crippen MR) is 117 cm³/mol. The van der Waals surface area contributed by atoms with Crippen LogP contribution in [0.1, 0.15) is 29.1 Å². The molecule has 1 aliphatic carbocycles. The highest BCUT2D eigenvalue weighted by molar-refractivity contribution is 5.83. The lowest BCUT2D eigenvalue weighted by molar-refractivity contribution is -0.131. The highest BCUT2D eigenvalue weighted by atomic mass is 16.5. The molecule has 1 saturated carbocycles. The van der Waals surface area contributed by atoms with E-state index < -0.39 is 11.3 Å². The number of aromatic amines is 1. The number of rotatable bonds is 7. The highest BCUT2D eigenvalue weighted by Crippen LogP contribution is 2.55. The molecule has 0 spiro atoms. The minimum atomic E-state index is -0.487. The van der Waals surface area contributed by atoms with Crippen LogP contribution in [0.25, 0.3) is 10.9 Å². The first-order valence-corrected chi connectivity index (χ1v) is 10.5. The first kappa shape index (κ1) is 20.1. The molecule has 2 heterocycles. The van der Waals surface area contributed by atoms with Crippen molar-refractivity contribution in [1.82, 2.24) is 25.6 Å². The summed E-state index contributed by atoms with van der Waals surface area (Å²) < 4.78 is 6.05. The van der Waals surface area contributed by atoms with E-state index in [4.69, 9.17) is 9.94 Å². The molecule has 8 heteroatoms. The minimum Gasteiger partial charge on any atom is -0.489 e. The van der Waals surface area contributed by atoms with Crippen LogP contribution in [0.15, 0.2) is 60.9 Å². The van der Waals surface area contributed by atoms with Gasteiger partial charge in [0.15, 0.2) is 0 Å². The number of fused-ring (bicyclic) bond motifs is 1. The molecule has 4 aromatic rings. The summed E-state index contributed by atoms with van der Waals surface area (Å²) in [7, 11) is 0. The molecule has 2 aromatic heterocycles. The Morgan fingerprint density at radius 2 is 2.06 bits per heavy atom. The zero-order chi connectivity index (χ0) is 22.1. The first-order chi connectivity index (χ1) is 15.6. The van der Waals surface area contributed by atoms with Gasteiger partial charge < -0.3 is 4.74 Å². The SMILES string of the molecule is Cc1cc(COc2ccc(CC3(c4ncn[nH]4)CC3C(=O)NO)cc2)c2ccccc2n1. The molecule has 8 nitrogen and oxygen atoms in total. The fraction of sp³-hybridized carbons (Fsp3) is 0.250. The van der Waals surface area contributed by atoms with Crippen molar-refractivity contribution in [2.24, 2.45) is 5.92 Å². The monoisotopic (exact) mass is 429 g/mol. The maximum absolute atomic E-state index is 12.0. The number of hydrogen-bond acceptors (Lipinski definition) is 6. The van der Waals surface area contributed by atoms with E-state index in [0.717, 1.165) is 33.5 Å². The molecule has 32 heavy (non-hydrogen) atoms. The molecule has 0 saturated heterocycles. The van der Waals surface area contributed by atoms with Crippen LogP contribution in [-0.2, 0) is 23.2 Å². The number of H-pyrrole nitrogens is 1. The zero-order valence-electron chi connectivity index (χ0n) is 17.6. The zero-order valence-corrected chi connectivity index (χ0v) is 17.6. The number of hydroxylamine groups is 1. The molecular formula is C24H23N5O3. The number of amides is 1. The summed E-state index contributed by atoms with van der Waals surface area (Å²) in [5.74, 6) is 0.675. The topological polar surface area (TPSA) is 113 Å². The van der Waals surface area contributed by atoms with Crippen molar-refractivity contribution in [2.75, 3.05) is 0 Å². The van der Waals surface area contributed by atoms with Gasteiger partial charge in [0.2, 0.25) is 5.91 Å². The summed E-state index contributed by atoms with van der Waals surface area (Å²) in [4.78, 5) is 20.9. The Kier molecular flexibility index (Phi) is 5.07. The third-order valence-corrected chi connectivity index (χ3v) is 6.16. The Bertz CT molecular complexity index is 1260. The molecule has 0 aliphatic heterocycles. The van der Waals surface area contributed by atoms with Gasteiger partial charge in [-0.05, 0) is 49.6 Å². The van der Waals surface area contributed by atoms with Gasteiger partial charge in [-0.1, -0.05) is 30.3 Å². The van der Waals surface area contributed by atoms with Crippen molar-refractivity contribution >= 4 is 16.8 Å². The van der Waals surface area contributed by atoms with Crippen LogP contribution in [0, 0.1) is 12.8 Å². The largest absolute Gasteiger partial charge is 0.489 e. The third kappa shape index (κ3) is 3.69. The van der Waals surface area contributed by atoms with E-state index in [1.165, 1.54) is 6.33 Å². The second-order valence-electron chi connectivity index (χ2n) is 8.27. The van der Waals surface area contributed by atoms with Gasteiger partial charge in [-0.2, -0.15) is 5.10 Å². The van der Waals surface area contributed by atoms with Crippen LogP contribution in [0.2, 0.25) is 0 Å². The van der Waals surface area contributed by atoms with Crippen molar-refractivity contribution in [2.45, 2.75) is 31.8 Å². The Labute approximate surface area is 184 Å². The number of para-hydroxylation sites is 1. The van der Waals surface area contributed by atoms with Crippen LogP contribution in [0.5, 0.6) is 5.75 Å². The lowest BCUT2D eigenvalue weighted by atomic mass is 9.92. The number of pyridine rings is 1. The quantitative estimate of drug-likeness (QED) is 0.307.